The Labute approximate surface area is 317 Å². The number of rotatable bonds is 38. The number of unbranched alkanes of at least 4 members (excludes halogenated alkanes) is 14. The van der Waals surface area contributed by atoms with E-state index in [-0.39, 0.29) is 38.9 Å². The van der Waals surface area contributed by atoms with E-state index in [4.69, 9.17) is 24.3 Å². The van der Waals surface area contributed by atoms with Crippen molar-refractivity contribution in [2.45, 2.75) is 174 Å². The van der Waals surface area contributed by atoms with E-state index in [1.165, 1.54) is 77.0 Å². The minimum atomic E-state index is -4.31. The highest BCUT2D eigenvalue weighted by atomic mass is 31.2. The number of phosphoric acid groups is 1. The minimum absolute atomic E-state index is 0.0000837. The lowest BCUT2D eigenvalue weighted by Crippen LogP contribution is -2.27. The number of esters is 1. The molecule has 0 spiro atoms. The van der Waals surface area contributed by atoms with E-state index in [9.17, 15) is 19.4 Å². The number of aliphatic hydroxyl groups excluding tert-OH is 1. The summed E-state index contributed by atoms with van der Waals surface area (Å²) >= 11 is 0. The number of ether oxygens (including phenoxy) is 2. The molecule has 0 saturated heterocycles. The summed E-state index contributed by atoms with van der Waals surface area (Å²) in [4.78, 5) is 22.4. The van der Waals surface area contributed by atoms with Crippen LogP contribution in [0.1, 0.15) is 162 Å². The van der Waals surface area contributed by atoms with Gasteiger partial charge >= 0.3 is 13.8 Å². The molecule has 9 nitrogen and oxygen atoms in total. The van der Waals surface area contributed by atoms with E-state index >= 15 is 0 Å². The van der Waals surface area contributed by atoms with Gasteiger partial charge in [-0.2, -0.15) is 0 Å². The average Bonchev–Trinajstić information content (AvgIpc) is 3.13. The van der Waals surface area contributed by atoms with Crippen LogP contribution in [0.2, 0.25) is 0 Å². The highest BCUT2D eigenvalue weighted by molar-refractivity contribution is 7.47. The fourth-order valence-corrected chi connectivity index (χ4v) is 5.99. The standard InChI is InChI=1S/C42H76NO8P/c1-3-5-6-7-8-9-10-11-14-17-20-23-26-29-32-36-48-38-41(39-50-52(46,47)49-37-35-43)51-42(45)34-31-28-25-22-19-16-13-12-15-18-21-24-27-30-33-40(44)4-2/h13,15-16,18,22,24-25,27,32,36,40-41,44H,3-12,14,17,19-21,23,26,28-31,33-35,37-39,43H2,1-2H3,(H,46,47). The van der Waals surface area contributed by atoms with Gasteiger partial charge in [-0.05, 0) is 70.3 Å². The number of hydrogen-bond donors (Lipinski definition) is 3. The van der Waals surface area contributed by atoms with Crippen molar-refractivity contribution in [2.24, 2.45) is 5.73 Å². The Hall–Kier alpha value is -2.00. The van der Waals surface area contributed by atoms with E-state index in [1.54, 1.807) is 6.26 Å². The highest BCUT2D eigenvalue weighted by Crippen LogP contribution is 2.43. The van der Waals surface area contributed by atoms with Crippen LogP contribution in [0.5, 0.6) is 0 Å². The van der Waals surface area contributed by atoms with E-state index in [0.717, 1.165) is 57.8 Å². The second-order valence-corrected chi connectivity index (χ2v) is 14.8. The zero-order valence-electron chi connectivity index (χ0n) is 32.9. The van der Waals surface area contributed by atoms with E-state index in [2.05, 4.69) is 55.5 Å². The normalized spacial score (nSPS) is 14.7. The lowest BCUT2D eigenvalue weighted by atomic mass is 10.0. The molecule has 52 heavy (non-hydrogen) atoms. The molecule has 0 aliphatic carbocycles. The van der Waals surface area contributed by atoms with Gasteiger partial charge in [-0.3, -0.25) is 13.8 Å². The first-order valence-electron chi connectivity index (χ1n) is 20.4. The van der Waals surface area contributed by atoms with Crippen LogP contribution in [0, 0.1) is 0 Å². The van der Waals surface area contributed by atoms with E-state index in [0.29, 0.717) is 6.42 Å². The van der Waals surface area contributed by atoms with Crippen molar-refractivity contribution >= 4 is 13.8 Å². The summed E-state index contributed by atoms with van der Waals surface area (Å²) in [7, 11) is -4.31. The van der Waals surface area contributed by atoms with Gasteiger partial charge in [-0.15, -0.1) is 0 Å². The fraction of sp³-hybridized carbons (Fsp3) is 0.738. The maximum absolute atomic E-state index is 12.5. The van der Waals surface area contributed by atoms with Crippen molar-refractivity contribution in [2.75, 3.05) is 26.4 Å². The lowest BCUT2D eigenvalue weighted by Gasteiger charge is -2.19. The summed E-state index contributed by atoms with van der Waals surface area (Å²) in [6.45, 7) is 3.87. The summed E-state index contributed by atoms with van der Waals surface area (Å²) in [5.74, 6) is -0.419. The molecule has 0 bridgehead atoms. The molecular formula is C42H76NO8P. The Bertz CT molecular complexity index is 996. The first-order chi connectivity index (χ1) is 25.3. The molecule has 0 heterocycles. The summed E-state index contributed by atoms with van der Waals surface area (Å²) in [5, 5.41) is 9.55. The first kappa shape index (κ1) is 50.0. The molecule has 10 heteroatoms. The highest BCUT2D eigenvalue weighted by Gasteiger charge is 2.25. The molecule has 0 amide bonds. The number of phosphoric ester groups is 1. The van der Waals surface area contributed by atoms with Gasteiger partial charge in [0.2, 0.25) is 0 Å². The second kappa shape index (κ2) is 38.7. The van der Waals surface area contributed by atoms with Crippen LogP contribution in [0.25, 0.3) is 0 Å². The molecular weight excluding hydrogens is 677 g/mol. The van der Waals surface area contributed by atoms with Gasteiger partial charge in [0.1, 0.15) is 6.61 Å². The molecule has 0 aliphatic heterocycles. The van der Waals surface area contributed by atoms with E-state index < -0.39 is 19.9 Å². The van der Waals surface area contributed by atoms with Gasteiger partial charge < -0.3 is 25.2 Å². The van der Waals surface area contributed by atoms with Crippen molar-refractivity contribution in [1.29, 1.82) is 0 Å². The van der Waals surface area contributed by atoms with Gasteiger partial charge in [-0.1, -0.05) is 140 Å². The lowest BCUT2D eigenvalue weighted by molar-refractivity contribution is -0.153. The molecule has 0 aliphatic rings. The second-order valence-electron chi connectivity index (χ2n) is 13.4. The maximum Gasteiger partial charge on any atom is 0.472 e. The molecule has 0 rings (SSSR count). The summed E-state index contributed by atoms with van der Waals surface area (Å²) < 4.78 is 33.0. The van der Waals surface area contributed by atoms with Gasteiger partial charge in [-0.25, -0.2) is 4.57 Å². The van der Waals surface area contributed by atoms with Crippen LogP contribution in [0.15, 0.2) is 60.9 Å². The summed E-state index contributed by atoms with van der Waals surface area (Å²) in [6, 6.07) is 0. The van der Waals surface area contributed by atoms with Crippen LogP contribution in [0.4, 0.5) is 0 Å². The number of carbonyl (C=O) groups is 1. The average molecular weight is 754 g/mol. The number of aliphatic hydroxyl groups is 1. The predicted molar refractivity (Wildman–Crippen MR) is 216 cm³/mol. The third-order valence-electron chi connectivity index (χ3n) is 8.42. The van der Waals surface area contributed by atoms with Crippen molar-refractivity contribution in [3.05, 3.63) is 60.9 Å². The monoisotopic (exact) mass is 754 g/mol. The number of carbonyl (C=O) groups excluding carboxylic acids is 1. The Kier molecular flexibility index (Phi) is 37.2. The molecule has 0 aromatic carbocycles. The van der Waals surface area contributed by atoms with Crippen LogP contribution in [-0.4, -0.2) is 54.5 Å². The number of nitrogens with two attached hydrogens (primary N) is 1. The van der Waals surface area contributed by atoms with Crippen molar-refractivity contribution < 1.29 is 37.9 Å². The Balaban J connectivity index is 4.24. The van der Waals surface area contributed by atoms with E-state index in [1.807, 2.05) is 13.0 Å². The molecule has 0 aromatic heterocycles. The zero-order chi connectivity index (χ0) is 38.2. The van der Waals surface area contributed by atoms with Crippen LogP contribution in [-0.2, 0) is 27.9 Å². The molecule has 4 N–H and O–H groups in total. The van der Waals surface area contributed by atoms with Crippen LogP contribution in [0.3, 0.4) is 0 Å². The molecule has 302 valence electrons. The number of hydrogen-bond acceptors (Lipinski definition) is 8. The molecule has 0 saturated carbocycles. The Morgan fingerprint density at radius 3 is 1.75 bits per heavy atom. The van der Waals surface area contributed by atoms with Crippen molar-refractivity contribution in [1.82, 2.24) is 0 Å². The van der Waals surface area contributed by atoms with Crippen LogP contribution >= 0.6 is 7.82 Å². The minimum Gasteiger partial charge on any atom is -0.498 e. The van der Waals surface area contributed by atoms with Gasteiger partial charge in [0.05, 0.1) is 25.6 Å². The van der Waals surface area contributed by atoms with Crippen molar-refractivity contribution in [3.63, 3.8) is 0 Å². The smallest absolute Gasteiger partial charge is 0.472 e. The van der Waals surface area contributed by atoms with Crippen LogP contribution < -0.4 is 5.73 Å². The molecule has 3 unspecified atom stereocenters. The number of allylic oxidation sites excluding steroid dienone is 9. The van der Waals surface area contributed by atoms with Gasteiger partial charge in [0.15, 0.2) is 6.10 Å². The topological polar surface area (TPSA) is 138 Å². The quantitative estimate of drug-likeness (QED) is 0.0185. The van der Waals surface area contributed by atoms with Crippen molar-refractivity contribution in [3.8, 4) is 0 Å². The molecule has 0 radical (unpaired) electrons. The first-order valence-corrected chi connectivity index (χ1v) is 21.9. The largest absolute Gasteiger partial charge is 0.498 e. The zero-order valence-corrected chi connectivity index (χ0v) is 33.8. The predicted octanol–water partition coefficient (Wildman–Crippen LogP) is 11.1. The SMILES string of the molecule is CCCCCCCCCCCCCCCC=COCC(COP(=O)(O)OCCN)OC(=O)CCCC=CCC=CCC=CCC=CCCC(O)CC. The van der Waals surface area contributed by atoms with Gasteiger partial charge in [0, 0.05) is 13.0 Å². The molecule has 3 atom stereocenters. The molecule has 0 fully saturated rings. The summed E-state index contributed by atoms with van der Waals surface area (Å²) in [5.41, 5.74) is 5.35. The molecule has 0 aromatic rings. The fourth-order valence-electron chi connectivity index (χ4n) is 5.23. The van der Waals surface area contributed by atoms with Gasteiger partial charge in [0.25, 0.3) is 0 Å². The third-order valence-corrected chi connectivity index (χ3v) is 9.40. The summed E-state index contributed by atoms with van der Waals surface area (Å²) in [6.07, 6.45) is 44.2. The maximum atomic E-state index is 12.5. The Morgan fingerprint density at radius 2 is 1.19 bits per heavy atom. The third kappa shape index (κ3) is 37.7. The Morgan fingerprint density at radius 1 is 0.673 bits per heavy atom.